The van der Waals surface area contributed by atoms with Crippen LogP contribution in [0.1, 0.15) is 62.5 Å². The van der Waals surface area contributed by atoms with E-state index in [1.165, 1.54) is 60.0 Å². The number of pyridine rings is 1. The molecule has 1 saturated carbocycles. The molecule has 0 aliphatic heterocycles. The average molecular weight is 426 g/mol. The Hall–Kier alpha value is -1.95. The highest BCUT2D eigenvalue weighted by atomic mass is 15.1. The molecule has 1 aliphatic carbocycles. The molecule has 172 valence electrons. The quantitative estimate of drug-likeness (QED) is 0.630. The van der Waals surface area contributed by atoms with Gasteiger partial charge in [-0.25, -0.2) is 4.98 Å². The van der Waals surface area contributed by atoms with Gasteiger partial charge in [-0.15, -0.1) is 0 Å². The van der Waals surface area contributed by atoms with Crippen LogP contribution in [-0.2, 0) is 7.05 Å². The van der Waals surface area contributed by atoms with Crippen molar-refractivity contribution in [2.45, 2.75) is 57.4 Å². The highest BCUT2D eigenvalue weighted by Crippen LogP contribution is 2.40. The zero-order valence-electron chi connectivity index (χ0n) is 20.9. The fraction of sp³-hybridized carbons (Fsp3) is 0.577. The van der Waals surface area contributed by atoms with Crippen molar-refractivity contribution in [2.75, 3.05) is 35.2 Å². The molecule has 0 saturated heterocycles. The third-order valence-corrected chi connectivity index (χ3v) is 6.39. The number of nitrogens with one attached hydrogen (secondary N) is 1. The first kappa shape index (κ1) is 25.3. The molecular formula is C26H43N5. The minimum Gasteiger partial charge on any atom is -0.335 e. The summed E-state index contributed by atoms with van der Waals surface area (Å²) < 4.78 is 2.23. The molecule has 5 heteroatoms. The second-order valence-electron chi connectivity index (χ2n) is 9.12. The number of aromatic nitrogens is 2. The monoisotopic (exact) mass is 425 g/mol. The first-order valence-corrected chi connectivity index (χ1v) is 11.6. The molecule has 0 bridgehead atoms. The van der Waals surface area contributed by atoms with Gasteiger partial charge in [-0.2, -0.15) is 0 Å². The van der Waals surface area contributed by atoms with E-state index >= 15 is 0 Å². The summed E-state index contributed by atoms with van der Waals surface area (Å²) in [4.78, 5) is 7.19. The Bertz CT molecular complexity index is 949. The summed E-state index contributed by atoms with van der Waals surface area (Å²) >= 11 is 0. The van der Waals surface area contributed by atoms with Crippen molar-refractivity contribution in [1.29, 1.82) is 0 Å². The van der Waals surface area contributed by atoms with Gasteiger partial charge in [0.15, 0.2) is 0 Å². The SMILES string of the molecule is CC(C)c1ccc2cnc3c(c(C4CCC(N(C)C)CC4)cn3C)c2c1.CN.CNC. The Morgan fingerprint density at radius 2 is 1.71 bits per heavy atom. The number of hydrogen-bond acceptors (Lipinski definition) is 4. The zero-order chi connectivity index (χ0) is 23.1. The minimum absolute atomic E-state index is 0.547. The molecule has 0 unspecified atom stereocenters. The van der Waals surface area contributed by atoms with Gasteiger partial charge in [0.1, 0.15) is 5.65 Å². The van der Waals surface area contributed by atoms with Crippen LogP contribution in [0.15, 0.2) is 30.6 Å². The molecule has 1 aromatic carbocycles. The summed E-state index contributed by atoms with van der Waals surface area (Å²) in [6, 6.07) is 7.64. The van der Waals surface area contributed by atoms with E-state index in [-0.39, 0.29) is 0 Å². The van der Waals surface area contributed by atoms with Crippen LogP contribution in [-0.4, -0.2) is 55.7 Å². The van der Waals surface area contributed by atoms with Crippen LogP contribution in [0.25, 0.3) is 21.8 Å². The molecule has 3 N–H and O–H groups in total. The molecule has 1 fully saturated rings. The van der Waals surface area contributed by atoms with Gasteiger partial charge in [0.05, 0.1) is 0 Å². The summed E-state index contributed by atoms with van der Waals surface area (Å²) in [6.07, 6.45) is 9.53. The fourth-order valence-corrected chi connectivity index (χ4v) is 4.68. The number of fused-ring (bicyclic) bond motifs is 3. The van der Waals surface area contributed by atoms with E-state index in [1.54, 1.807) is 0 Å². The maximum atomic E-state index is 4.80. The molecule has 1 aliphatic rings. The van der Waals surface area contributed by atoms with Gasteiger partial charge >= 0.3 is 0 Å². The number of aryl methyl sites for hydroxylation is 1. The Balaban J connectivity index is 0.000000630. The van der Waals surface area contributed by atoms with Gasteiger partial charge in [0, 0.05) is 36.3 Å². The largest absolute Gasteiger partial charge is 0.335 e. The molecule has 2 aromatic heterocycles. The number of hydrogen-bond donors (Lipinski definition) is 2. The molecule has 31 heavy (non-hydrogen) atoms. The highest BCUT2D eigenvalue weighted by Gasteiger charge is 2.26. The molecule has 0 radical (unpaired) electrons. The molecule has 2 heterocycles. The Morgan fingerprint density at radius 1 is 1.10 bits per heavy atom. The maximum Gasteiger partial charge on any atom is 0.140 e. The lowest BCUT2D eigenvalue weighted by atomic mass is 9.81. The van der Waals surface area contributed by atoms with E-state index in [9.17, 15) is 0 Å². The minimum atomic E-state index is 0.547. The smallest absolute Gasteiger partial charge is 0.140 e. The van der Waals surface area contributed by atoms with Crippen LogP contribution < -0.4 is 11.1 Å². The van der Waals surface area contributed by atoms with Crippen molar-refractivity contribution < 1.29 is 0 Å². The Kier molecular flexibility index (Phi) is 9.48. The van der Waals surface area contributed by atoms with Crippen molar-refractivity contribution in [3.8, 4) is 0 Å². The molecule has 4 rings (SSSR count). The van der Waals surface area contributed by atoms with Gasteiger partial charge in [-0.3, -0.25) is 0 Å². The summed E-state index contributed by atoms with van der Waals surface area (Å²) in [5.41, 5.74) is 8.55. The van der Waals surface area contributed by atoms with Crippen LogP contribution in [0.3, 0.4) is 0 Å². The van der Waals surface area contributed by atoms with Crippen molar-refractivity contribution >= 4 is 21.8 Å². The van der Waals surface area contributed by atoms with Gasteiger partial charge < -0.3 is 20.5 Å². The predicted octanol–water partition coefficient (Wildman–Crippen LogP) is 4.85. The van der Waals surface area contributed by atoms with Crippen LogP contribution in [0.5, 0.6) is 0 Å². The van der Waals surface area contributed by atoms with Crippen LogP contribution >= 0.6 is 0 Å². The van der Waals surface area contributed by atoms with Crippen molar-refractivity contribution in [1.82, 2.24) is 19.8 Å². The zero-order valence-corrected chi connectivity index (χ0v) is 20.9. The van der Waals surface area contributed by atoms with E-state index in [1.807, 2.05) is 20.3 Å². The van der Waals surface area contributed by atoms with Gasteiger partial charge in [-0.1, -0.05) is 32.0 Å². The van der Waals surface area contributed by atoms with E-state index in [0.717, 1.165) is 11.7 Å². The first-order chi connectivity index (χ1) is 14.9. The van der Waals surface area contributed by atoms with E-state index in [2.05, 4.69) is 79.9 Å². The lowest BCUT2D eigenvalue weighted by Crippen LogP contribution is -2.31. The summed E-state index contributed by atoms with van der Waals surface area (Å²) in [5, 5.41) is 6.78. The molecular weight excluding hydrogens is 382 g/mol. The van der Waals surface area contributed by atoms with Gasteiger partial charge in [-0.05, 0) is 89.3 Å². The first-order valence-electron chi connectivity index (χ1n) is 11.6. The van der Waals surface area contributed by atoms with Crippen molar-refractivity contribution in [3.63, 3.8) is 0 Å². The topological polar surface area (TPSA) is 59.1 Å². The number of nitrogens with zero attached hydrogens (tertiary/aromatic N) is 3. The summed E-state index contributed by atoms with van der Waals surface area (Å²) in [5.74, 6) is 1.20. The molecule has 0 spiro atoms. The van der Waals surface area contributed by atoms with Gasteiger partial charge in [0.2, 0.25) is 0 Å². The number of nitrogens with two attached hydrogens (primary N) is 1. The molecule has 0 atom stereocenters. The average Bonchev–Trinajstić information content (AvgIpc) is 3.12. The molecule has 5 nitrogen and oxygen atoms in total. The Morgan fingerprint density at radius 3 is 2.26 bits per heavy atom. The standard InChI is InChI=1S/C23H31N3.C2H7N.CH5N/c1-15(2)17-6-7-18-13-24-23-22(20(18)12-17)21(14-26(23)5)16-8-10-19(11-9-16)25(3)4;1-3-2;1-2/h6-7,12-16,19H,8-11H2,1-5H3;3H,1-2H3;2H2,1H3. The lowest BCUT2D eigenvalue weighted by molar-refractivity contribution is 0.217. The second kappa shape index (κ2) is 11.6. The molecule has 0 amide bonds. The number of rotatable bonds is 3. The van der Waals surface area contributed by atoms with E-state index < -0.39 is 0 Å². The third-order valence-electron chi connectivity index (χ3n) is 6.39. The van der Waals surface area contributed by atoms with Crippen LogP contribution in [0.2, 0.25) is 0 Å². The fourth-order valence-electron chi connectivity index (χ4n) is 4.68. The highest BCUT2D eigenvalue weighted by molar-refractivity contribution is 6.07. The predicted molar refractivity (Wildman–Crippen MR) is 136 cm³/mol. The normalized spacial score (nSPS) is 18.7. The second-order valence-corrected chi connectivity index (χ2v) is 9.12. The van der Waals surface area contributed by atoms with Crippen molar-refractivity contribution in [3.05, 3.63) is 41.7 Å². The van der Waals surface area contributed by atoms with E-state index in [4.69, 9.17) is 4.98 Å². The summed E-state index contributed by atoms with van der Waals surface area (Å²) in [6.45, 7) is 4.54. The third kappa shape index (κ3) is 5.65. The van der Waals surface area contributed by atoms with Crippen LogP contribution in [0.4, 0.5) is 0 Å². The van der Waals surface area contributed by atoms with Crippen LogP contribution in [0, 0.1) is 0 Å². The maximum absolute atomic E-state index is 4.80. The van der Waals surface area contributed by atoms with Gasteiger partial charge in [0.25, 0.3) is 0 Å². The lowest BCUT2D eigenvalue weighted by Gasteiger charge is -2.32. The number of benzene rings is 1. The van der Waals surface area contributed by atoms with Crippen molar-refractivity contribution in [2.24, 2.45) is 12.8 Å². The summed E-state index contributed by atoms with van der Waals surface area (Å²) in [7, 11) is 11.8. The Labute approximate surface area is 189 Å². The van der Waals surface area contributed by atoms with E-state index in [0.29, 0.717) is 11.8 Å². The molecule has 3 aromatic rings.